The number of oxime groups is 1. The van der Waals surface area contributed by atoms with Gasteiger partial charge in [0.25, 0.3) is 0 Å². The molecule has 0 aliphatic carbocycles. The molecule has 5 heteroatoms. The second-order valence-corrected chi connectivity index (χ2v) is 3.02. The summed E-state index contributed by atoms with van der Waals surface area (Å²) in [6.07, 6.45) is -0.0799. The van der Waals surface area contributed by atoms with Crippen molar-refractivity contribution in [3.05, 3.63) is 35.4 Å². The molecule has 0 atom stereocenters. The average molecular weight is 214 g/mol. The van der Waals surface area contributed by atoms with E-state index >= 15 is 0 Å². The van der Waals surface area contributed by atoms with Crippen LogP contribution in [0.15, 0.2) is 29.4 Å². The van der Waals surface area contributed by atoms with E-state index in [1.165, 1.54) is 0 Å². The molecule has 0 radical (unpaired) electrons. The molecule has 0 saturated heterocycles. The van der Waals surface area contributed by atoms with E-state index in [0.29, 0.717) is 11.1 Å². The first kappa shape index (κ1) is 10.5. The lowest BCUT2D eigenvalue weighted by atomic mass is 10.1. The molecular weight excluding hydrogens is 206 g/mol. The first-order chi connectivity index (χ1) is 6.63. The van der Waals surface area contributed by atoms with Crippen molar-refractivity contribution in [3.8, 4) is 0 Å². The Balaban J connectivity index is 2.95. The molecule has 0 heterocycles. The normalized spacial score (nSPS) is 11.4. The van der Waals surface area contributed by atoms with Gasteiger partial charge in [-0.05, 0) is 11.6 Å². The Labute approximate surface area is 85.4 Å². The molecule has 0 unspecified atom stereocenters. The van der Waals surface area contributed by atoms with Gasteiger partial charge in [0.1, 0.15) is 0 Å². The highest BCUT2D eigenvalue weighted by Crippen LogP contribution is 2.09. The first-order valence-electron chi connectivity index (χ1n) is 3.82. The summed E-state index contributed by atoms with van der Waals surface area (Å²) in [5, 5.41) is 19.7. The SMILES string of the molecule is O=C(O)Cc1cccc(/C(Cl)=N/O)c1. The van der Waals surface area contributed by atoms with Gasteiger partial charge in [-0.2, -0.15) is 0 Å². The zero-order valence-corrected chi connectivity index (χ0v) is 7.90. The van der Waals surface area contributed by atoms with Gasteiger partial charge in [-0.3, -0.25) is 4.79 Å². The molecule has 1 rings (SSSR count). The lowest BCUT2D eigenvalue weighted by Gasteiger charge is -2.00. The minimum Gasteiger partial charge on any atom is -0.481 e. The molecule has 0 spiro atoms. The number of benzene rings is 1. The zero-order chi connectivity index (χ0) is 10.6. The van der Waals surface area contributed by atoms with Gasteiger partial charge in [0.15, 0.2) is 5.17 Å². The van der Waals surface area contributed by atoms with Crippen LogP contribution >= 0.6 is 11.6 Å². The number of carboxylic acid groups (broad SMARTS) is 1. The van der Waals surface area contributed by atoms with Crippen LogP contribution in [0.2, 0.25) is 0 Å². The molecule has 1 aromatic rings. The zero-order valence-electron chi connectivity index (χ0n) is 7.14. The fourth-order valence-corrected chi connectivity index (χ4v) is 1.16. The lowest BCUT2D eigenvalue weighted by Crippen LogP contribution is -2.01. The summed E-state index contributed by atoms with van der Waals surface area (Å²) in [6, 6.07) is 6.52. The molecular formula is C9H8ClNO3. The van der Waals surface area contributed by atoms with Crippen LogP contribution in [-0.4, -0.2) is 21.5 Å². The van der Waals surface area contributed by atoms with Crippen LogP contribution in [-0.2, 0) is 11.2 Å². The highest BCUT2D eigenvalue weighted by atomic mass is 35.5. The minimum atomic E-state index is -0.917. The summed E-state index contributed by atoms with van der Waals surface area (Å²) in [4.78, 5) is 10.4. The quantitative estimate of drug-likeness (QED) is 0.456. The van der Waals surface area contributed by atoms with Crippen molar-refractivity contribution in [2.75, 3.05) is 0 Å². The number of halogens is 1. The molecule has 4 nitrogen and oxygen atoms in total. The molecule has 0 aliphatic rings. The van der Waals surface area contributed by atoms with Gasteiger partial charge in [-0.25, -0.2) is 0 Å². The molecule has 74 valence electrons. The van der Waals surface area contributed by atoms with E-state index in [4.69, 9.17) is 21.9 Å². The summed E-state index contributed by atoms with van der Waals surface area (Å²) < 4.78 is 0. The van der Waals surface area contributed by atoms with Gasteiger partial charge in [-0.1, -0.05) is 35.0 Å². The fraction of sp³-hybridized carbons (Fsp3) is 0.111. The number of aliphatic carboxylic acids is 1. The van der Waals surface area contributed by atoms with Gasteiger partial charge in [0.05, 0.1) is 6.42 Å². The van der Waals surface area contributed by atoms with Crippen LogP contribution in [0.3, 0.4) is 0 Å². The molecule has 2 N–H and O–H groups in total. The first-order valence-corrected chi connectivity index (χ1v) is 4.20. The molecule has 0 amide bonds. The third-order valence-corrected chi connectivity index (χ3v) is 1.90. The summed E-state index contributed by atoms with van der Waals surface area (Å²) in [6.45, 7) is 0. The number of carboxylic acids is 1. The van der Waals surface area contributed by atoms with Gasteiger partial charge in [0, 0.05) is 5.56 Å². The van der Waals surface area contributed by atoms with E-state index < -0.39 is 5.97 Å². The number of nitrogens with zero attached hydrogens (tertiary/aromatic N) is 1. The summed E-state index contributed by atoms with van der Waals surface area (Å²) in [5.74, 6) is -0.917. The maximum absolute atomic E-state index is 10.4. The summed E-state index contributed by atoms with van der Waals surface area (Å²) >= 11 is 5.55. The Morgan fingerprint density at radius 3 is 2.79 bits per heavy atom. The van der Waals surface area contributed by atoms with E-state index in [-0.39, 0.29) is 11.6 Å². The molecule has 0 fully saturated rings. The number of rotatable bonds is 3. The topological polar surface area (TPSA) is 69.9 Å². The standard InChI is InChI=1S/C9H8ClNO3/c10-9(11-14)7-3-1-2-6(4-7)5-8(12)13/h1-4,14H,5H2,(H,12,13)/b11-9-. The van der Waals surface area contributed by atoms with Crippen LogP contribution in [0.4, 0.5) is 0 Å². The Bertz CT molecular complexity index is 376. The van der Waals surface area contributed by atoms with Crippen molar-refractivity contribution in [3.63, 3.8) is 0 Å². The second kappa shape index (κ2) is 4.62. The van der Waals surface area contributed by atoms with E-state index in [9.17, 15) is 4.79 Å². The van der Waals surface area contributed by atoms with Gasteiger partial charge >= 0.3 is 5.97 Å². The summed E-state index contributed by atoms with van der Waals surface area (Å²) in [5.41, 5.74) is 1.10. The van der Waals surface area contributed by atoms with Crippen LogP contribution in [0.1, 0.15) is 11.1 Å². The fourth-order valence-electron chi connectivity index (χ4n) is 1.04. The van der Waals surface area contributed by atoms with Gasteiger partial charge < -0.3 is 10.3 Å². The maximum Gasteiger partial charge on any atom is 0.307 e. The van der Waals surface area contributed by atoms with Crippen molar-refractivity contribution < 1.29 is 15.1 Å². The van der Waals surface area contributed by atoms with E-state index in [1.807, 2.05) is 0 Å². The molecule has 0 aliphatic heterocycles. The van der Waals surface area contributed by atoms with Crippen LogP contribution < -0.4 is 0 Å². The molecule has 0 aromatic heterocycles. The Morgan fingerprint density at radius 1 is 1.50 bits per heavy atom. The second-order valence-electron chi connectivity index (χ2n) is 2.66. The predicted molar refractivity (Wildman–Crippen MR) is 52.0 cm³/mol. The minimum absolute atomic E-state index is 0.0581. The van der Waals surface area contributed by atoms with Crippen molar-refractivity contribution in [2.45, 2.75) is 6.42 Å². The van der Waals surface area contributed by atoms with Crippen LogP contribution in [0.25, 0.3) is 0 Å². The monoisotopic (exact) mass is 213 g/mol. The number of hydrogen-bond acceptors (Lipinski definition) is 3. The largest absolute Gasteiger partial charge is 0.481 e. The Hall–Kier alpha value is -1.55. The molecule has 0 bridgehead atoms. The summed E-state index contributed by atoms with van der Waals surface area (Å²) in [7, 11) is 0. The van der Waals surface area contributed by atoms with Crippen molar-refractivity contribution in [1.82, 2.24) is 0 Å². The van der Waals surface area contributed by atoms with E-state index in [2.05, 4.69) is 5.16 Å². The Morgan fingerprint density at radius 2 is 2.21 bits per heavy atom. The van der Waals surface area contributed by atoms with E-state index in [0.717, 1.165) is 0 Å². The third-order valence-electron chi connectivity index (χ3n) is 1.61. The predicted octanol–water partition coefficient (Wildman–Crippen LogP) is 1.69. The van der Waals surface area contributed by atoms with E-state index in [1.54, 1.807) is 24.3 Å². The highest BCUT2D eigenvalue weighted by Gasteiger charge is 2.04. The van der Waals surface area contributed by atoms with Crippen molar-refractivity contribution in [2.24, 2.45) is 5.16 Å². The number of carbonyl (C=O) groups is 1. The smallest absolute Gasteiger partial charge is 0.307 e. The maximum atomic E-state index is 10.4. The van der Waals surface area contributed by atoms with Crippen molar-refractivity contribution >= 4 is 22.7 Å². The van der Waals surface area contributed by atoms with Crippen LogP contribution in [0, 0.1) is 0 Å². The van der Waals surface area contributed by atoms with Gasteiger partial charge in [0.2, 0.25) is 0 Å². The Kier molecular flexibility index (Phi) is 3.48. The van der Waals surface area contributed by atoms with Crippen molar-refractivity contribution in [1.29, 1.82) is 0 Å². The third kappa shape index (κ3) is 2.74. The lowest BCUT2D eigenvalue weighted by molar-refractivity contribution is -0.136. The molecule has 1 aromatic carbocycles. The molecule has 0 saturated carbocycles. The highest BCUT2D eigenvalue weighted by molar-refractivity contribution is 6.69. The van der Waals surface area contributed by atoms with Crippen LogP contribution in [0.5, 0.6) is 0 Å². The van der Waals surface area contributed by atoms with Gasteiger partial charge in [-0.15, -0.1) is 0 Å². The number of hydrogen-bond donors (Lipinski definition) is 2. The molecule has 14 heavy (non-hydrogen) atoms. The average Bonchev–Trinajstić information content (AvgIpc) is 2.16.